The van der Waals surface area contributed by atoms with Crippen molar-refractivity contribution >= 4 is 11.6 Å². The highest BCUT2D eigenvalue weighted by Gasteiger charge is 2.28. The minimum atomic E-state index is -0.449. The molecule has 7 heteroatoms. The van der Waals surface area contributed by atoms with Gasteiger partial charge >= 0.3 is 5.69 Å². The molecule has 1 amide bonds. The Balaban J connectivity index is 1.97. The van der Waals surface area contributed by atoms with Crippen molar-refractivity contribution in [2.45, 2.75) is 65.1 Å². The Hall–Kier alpha value is -1.92. The molecule has 0 saturated carbocycles. The summed E-state index contributed by atoms with van der Waals surface area (Å²) in [5.41, 5.74) is 0.384. The second-order valence-corrected chi connectivity index (χ2v) is 5.80. The molecule has 7 nitrogen and oxygen atoms in total. The molecule has 0 N–H and O–H groups in total. The van der Waals surface area contributed by atoms with Gasteiger partial charge in [-0.2, -0.15) is 5.10 Å². The summed E-state index contributed by atoms with van der Waals surface area (Å²) in [5.74, 6) is 0.102. The highest BCUT2D eigenvalue weighted by Crippen LogP contribution is 2.23. The van der Waals surface area contributed by atoms with Crippen molar-refractivity contribution in [3.8, 4) is 0 Å². The molecular formula is C14H22N4O3. The third-order valence-electron chi connectivity index (χ3n) is 4.15. The third-order valence-corrected chi connectivity index (χ3v) is 4.15. The molecule has 1 aromatic heterocycles. The van der Waals surface area contributed by atoms with Gasteiger partial charge in [-0.3, -0.25) is 19.6 Å². The van der Waals surface area contributed by atoms with Gasteiger partial charge < -0.3 is 4.90 Å². The third kappa shape index (κ3) is 3.40. The van der Waals surface area contributed by atoms with E-state index >= 15 is 0 Å². The zero-order valence-electron chi connectivity index (χ0n) is 12.8. The summed E-state index contributed by atoms with van der Waals surface area (Å²) in [7, 11) is 0. The summed E-state index contributed by atoms with van der Waals surface area (Å²) >= 11 is 0. The van der Waals surface area contributed by atoms with Crippen LogP contribution in [-0.4, -0.2) is 37.6 Å². The molecule has 2 rings (SSSR count). The van der Waals surface area contributed by atoms with E-state index < -0.39 is 4.92 Å². The van der Waals surface area contributed by atoms with Gasteiger partial charge in [-0.25, -0.2) is 0 Å². The van der Waals surface area contributed by atoms with Gasteiger partial charge in [0.05, 0.1) is 4.92 Å². The summed E-state index contributed by atoms with van der Waals surface area (Å²) < 4.78 is 1.49. The van der Waals surface area contributed by atoms with E-state index in [2.05, 4.69) is 18.9 Å². The van der Waals surface area contributed by atoms with Crippen molar-refractivity contribution in [1.82, 2.24) is 14.7 Å². The first-order valence-electron chi connectivity index (χ1n) is 7.39. The SMILES string of the molecule is Cc1nn(CCC(=O)N2[C@@H](C)CCC[C@@H]2C)cc1[N+](=O)[O-]. The number of piperidine rings is 1. The van der Waals surface area contributed by atoms with Gasteiger partial charge in [0.2, 0.25) is 5.91 Å². The number of rotatable bonds is 4. The summed E-state index contributed by atoms with van der Waals surface area (Å²) in [6.07, 6.45) is 4.97. The lowest BCUT2D eigenvalue weighted by atomic mass is 9.97. The first-order chi connectivity index (χ1) is 9.90. The second kappa shape index (κ2) is 6.24. The number of aromatic nitrogens is 2. The van der Waals surface area contributed by atoms with Crippen molar-refractivity contribution in [2.75, 3.05) is 0 Å². The van der Waals surface area contributed by atoms with Crippen LogP contribution in [0.5, 0.6) is 0 Å². The Kier molecular flexibility index (Phi) is 4.59. The Labute approximate surface area is 124 Å². The maximum absolute atomic E-state index is 12.4. The van der Waals surface area contributed by atoms with E-state index in [1.54, 1.807) is 6.92 Å². The zero-order valence-corrected chi connectivity index (χ0v) is 12.8. The monoisotopic (exact) mass is 294 g/mol. The molecule has 0 aliphatic carbocycles. The fourth-order valence-corrected chi connectivity index (χ4v) is 3.05. The lowest BCUT2D eigenvalue weighted by Crippen LogP contribution is -2.47. The molecule has 2 atom stereocenters. The first kappa shape index (κ1) is 15.5. The van der Waals surface area contributed by atoms with E-state index in [9.17, 15) is 14.9 Å². The summed E-state index contributed by atoms with van der Waals surface area (Å²) in [4.78, 5) is 24.7. The van der Waals surface area contributed by atoms with Crippen molar-refractivity contribution in [2.24, 2.45) is 0 Å². The Morgan fingerprint density at radius 1 is 1.43 bits per heavy atom. The topological polar surface area (TPSA) is 81.3 Å². The minimum absolute atomic E-state index is 0.00200. The fraction of sp³-hybridized carbons (Fsp3) is 0.714. The molecule has 1 aliphatic heterocycles. The van der Waals surface area contributed by atoms with Crippen LogP contribution in [0.2, 0.25) is 0 Å². The van der Waals surface area contributed by atoms with Crippen LogP contribution in [0, 0.1) is 17.0 Å². The van der Waals surface area contributed by atoms with E-state index in [1.807, 2.05) is 4.90 Å². The van der Waals surface area contributed by atoms with Crippen LogP contribution in [0.3, 0.4) is 0 Å². The van der Waals surface area contributed by atoms with Gasteiger partial charge in [-0.15, -0.1) is 0 Å². The molecule has 21 heavy (non-hydrogen) atoms. The van der Waals surface area contributed by atoms with Crippen LogP contribution in [-0.2, 0) is 11.3 Å². The predicted octanol–water partition coefficient (Wildman–Crippen LogP) is 2.28. The van der Waals surface area contributed by atoms with Crippen LogP contribution in [0.4, 0.5) is 5.69 Å². The minimum Gasteiger partial charge on any atom is -0.337 e. The number of carbonyl (C=O) groups is 1. The van der Waals surface area contributed by atoms with Crippen LogP contribution < -0.4 is 0 Å². The molecule has 0 aromatic carbocycles. The summed E-state index contributed by atoms with van der Waals surface area (Å²) in [6, 6.07) is 0.546. The van der Waals surface area contributed by atoms with E-state index in [4.69, 9.17) is 0 Å². The quantitative estimate of drug-likeness (QED) is 0.630. The van der Waals surface area contributed by atoms with E-state index in [0.29, 0.717) is 18.7 Å². The second-order valence-electron chi connectivity index (χ2n) is 5.80. The Morgan fingerprint density at radius 2 is 2.05 bits per heavy atom. The highest BCUT2D eigenvalue weighted by atomic mass is 16.6. The van der Waals surface area contributed by atoms with Gasteiger partial charge in [0.1, 0.15) is 11.9 Å². The van der Waals surface area contributed by atoms with Crippen LogP contribution in [0.25, 0.3) is 0 Å². The molecule has 0 bridgehead atoms. The Bertz CT molecular complexity index is 530. The van der Waals surface area contributed by atoms with Gasteiger partial charge in [0.15, 0.2) is 0 Å². The molecule has 1 aromatic rings. The first-order valence-corrected chi connectivity index (χ1v) is 7.39. The number of hydrogen-bond donors (Lipinski definition) is 0. The molecule has 1 aliphatic rings. The average molecular weight is 294 g/mol. The molecule has 0 spiro atoms. The van der Waals surface area contributed by atoms with E-state index in [0.717, 1.165) is 19.3 Å². The molecular weight excluding hydrogens is 272 g/mol. The largest absolute Gasteiger partial charge is 0.337 e. The maximum Gasteiger partial charge on any atom is 0.309 e. The van der Waals surface area contributed by atoms with E-state index in [1.165, 1.54) is 10.9 Å². The van der Waals surface area contributed by atoms with Crippen molar-refractivity contribution < 1.29 is 9.72 Å². The molecule has 0 radical (unpaired) electrons. The average Bonchev–Trinajstić information content (AvgIpc) is 2.77. The molecule has 1 saturated heterocycles. The van der Waals surface area contributed by atoms with E-state index in [-0.39, 0.29) is 23.7 Å². The highest BCUT2D eigenvalue weighted by molar-refractivity contribution is 5.76. The van der Waals surface area contributed by atoms with Crippen LogP contribution in [0.1, 0.15) is 45.2 Å². The number of nitro groups is 1. The number of amides is 1. The van der Waals surface area contributed by atoms with Crippen molar-refractivity contribution in [3.63, 3.8) is 0 Å². The predicted molar refractivity (Wildman–Crippen MR) is 77.9 cm³/mol. The standard InChI is InChI=1S/C14H22N4O3/c1-10-5-4-6-11(2)17(10)14(19)7-8-16-9-13(18(20)21)12(3)15-16/h9-11H,4-8H2,1-3H3/t10-,11-/m0/s1. The number of likely N-dealkylation sites (tertiary alicyclic amines) is 1. The van der Waals surface area contributed by atoms with Gasteiger partial charge in [-0.1, -0.05) is 0 Å². The number of aryl methyl sites for hydroxylation is 2. The van der Waals surface area contributed by atoms with Crippen LogP contribution in [0.15, 0.2) is 6.20 Å². The fourth-order valence-electron chi connectivity index (χ4n) is 3.05. The van der Waals surface area contributed by atoms with Gasteiger partial charge in [-0.05, 0) is 40.0 Å². The molecule has 0 unspecified atom stereocenters. The molecule has 2 heterocycles. The van der Waals surface area contributed by atoms with Gasteiger partial charge in [0, 0.05) is 25.0 Å². The molecule has 116 valence electrons. The summed E-state index contributed by atoms with van der Waals surface area (Å²) in [6.45, 7) is 6.14. The Morgan fingerprint density at radius 3 is 2.57 bits per heavy atom. The summed E-state index contributed by atoms with van der Waals surface area (Å²) in [5, 5.41) is 14.9. The lowest BCUT2D eigenvalue weighted by molar-refractivity contribution is -0.385. The number of carbonyl (C=O) groups excluding carboxylic acids is 1. The number of nitrogens with zero attached hydrogens (tertiary/aromatic N) is 4. The smallest absolute Gasteiger partial charge is 0.309 e. The zero-order chi connectivity index (χ0) is 15.6. The maximum atomic E-state index is 12.4. The van der Waals surface area contributed by atoms with Crippen LogP contribution >= 0.6 is 0 Å². The van der Waals surface area contributed by atoms with Gasteiger partial charge in [0.25, 0.3) is 0 Å². The lowest BCUT2D eigenvalue weighted by Gasteiger charge is -2.39. The molecule has 1 fully saturated rings. The van der Waals surface area contributed by atoms with Crippen molar-refractivity contribution in [3.05, 3.63) is 22.0 Å². The number of hydrogen-bond acceptors (Lipinski definition) is 4. The normalized spacial score (nSPS) is 22.3. The van der Waals surface area contributed by atoms with Crippen molar-refractivity contribution in [1.29, 1.82) is 0 Å².